The van der Waals surface area contributed by atoms with Gasteiger partial charge in [-0.05, 0) is 25.0 Å². The Morgan fingerprint density at radius 3 is 2.86 bits per heavy atom. The molecule has 0 amide bonds. The van der Waals surface area contributed by atoms with Crippen LogP contribution in [0.15, 0.2) is 35.3 Å². The lowest BCUT2D eigenvalue weighted by atomic mass is 10.1. The summed E-state index contributed by atoms with van der Waals surface area (Å²) in [4.78, 5) is 11.7. The Hall–Kier alpha value is -0.890. The summed E-state index contributed by atoms with van der Waals surface area (Å²) in [6, 6.07) is 5.78. The summed E-state index contributed by atoms with van der Waals surface area (Å²) >= 11 is 3.39. The van der Waals surface area contributed by atoms with Gasteiger partial charge in [0.1, 0.15) is 0 Å². The average Bonchev–Trinajstić information content (AvgIpc) is 2.14. The number of allylic oxidation sites excluding steroid dienone is 1. The summed E-state index contributed by atoms with van der Waals surface area (Å²) in [6.45, 7) is 5.60. The van der Waals surface area contributed by atoms with E-state index in [2.05, 4.69) is 22.5 Å². The van der Waals surface area contributed by atoms with Gasteiger partial charge in [0, 0.05) is 16.5 Å². The number of carbonyl (C=O) groups excluding carboxylic acids is 1. The highest BCUT2D eigenvalue weighted by molar-refractivity contribution is 9.10. The second kappa shape index (κ2) is 5.11. The molecule has 0 aliphatic heterocycles. The summed E-state index contributed by atoms with van der Waals surface area (Å²) in [5, 5.41) is 0. The third kappa shape index (κ3) is 2.81. The molecule has 0 aromatic heterocycles. The van der Waals surface area contributed by atoms with Crippen LogP contribution in [0.3, 0.4) is 0 Å². The van der Waals surface area contributed by atoms with Crippen LogP contribution in [0.2, 0.25) is 0 Å². The maximum absolute atomic E-state index is 11.7. The maximum Gasteiger partial charge on any atom is 0.164 e. The molecule has 0 saturated heterocycles. The molecule has 1 aromatic carbocycles. The van der Waals surface area contributed by atoms with Gasteiger partial charge in [0.25, 0.3) is 0 Å². The highest BCUT2D eigenvalue weighted by atomic mass is 79.9. The van der Waals surface area contributed by atoms with E-state index in [0.29, 0.717) is 6.42 Å². The second-order valence-corrected chi connectivity index (χ2v) is 4.09. The molecule has 2 heteroatoms. The fourth-order valence-electron chi connectivity index (χ4n) is 1.21. The van der Waals surface area contributed by atoms with E-state index >= 15 is 0 Å². The first kappa shape index (κ1) is 11.2. The molecule has 0 aliphatic rings. The minimum Gasteiger partial charge on any atom is -0.294 e. The molecular formula is C12H13BrO. The highest BCUT2D eigenvalue weighted by Crippen LogP contribution is 2.20. The second-order valence-electron chi connectivity index (χ2n) is 3.23. The van der Waals surface area contributed by atoms with Gasteiger partial charge >= 0.3 is 0 Å². The van der Waals surface area contributed by atoms with Crippen molar-refractivity contribution < 1.29 is 4.79 Å². The summed E-state index contributed by atoms with van der Waals surface area (Å²) in [5.41, 5.74) is 1.91. The fourth-order valence-corrected chi connectivity index (χ4v) is 1.93. The van der Waals surface area contributed by atoms with Crippen LogP contribution >= 0.6 is 15.9 Å². The topological polar surface area (TPSA) is 17.1 Å². The Balaban J connectivity index is 2.84. The normalized spacial score (nSPS) is 9.86. The lowest BCUT2D eigenvalue weighted by Crippen LogP contribution is -1.99. The van der Waals surface area contributed by atoms with E-state index in [9.17, 15) is 4.79 Å². The monoisotopic (exact) mass is 252 g/mol. The number of aryl methyl sites for hydroxylation is 1. The molecular weight excluding hydrogens is 240 g/mol. The number of carbonyl (C=O) groups is 1. The number of hydrogen-bond donors (Lipinski definition) is 0. The third-order valence-corrected chi connectivity index (χ3v) is 2.66. The van der Waals surface area contributed by atoms with E-state index < -0.39 is 0 Å². The summed E-state index contributed by atoms with van der Waals surface area (Å²) in [5.74, 6) is 0.164. The Kier molecular flexibility index (Phi) is 4.08. The molecule has 0 unspecified atom stereocenters. The third-order valence-electron chi connectivity index (χ3n) is 2.00. The van der Waals surface area contributed by atoms with Crippen LogP contribution < -0.4 is 0 Å². The fraction of sp³-hybridized carbons (Fsp3) is 0.250. The first-order chi connectivity index (χ1) is 6.65. The molecule has 0 fully saturated rings. The molecule has 1 rings (SSSR count). The number of hydrogen-bond acceptors (Lipinski definition) is 1. The van der Waals surface area contributed by atoms with Gasteiger partial charge < -0.3 is 0 Å². The Bertz CT molecular complexity index is 355. The molecule has 0 saturated carbocycles. The quantitative estimate of drug-likeness (QED) is 0.587. The van der Waals surface area contributed by atoms with Gasteiger partial charge in [0.05, 0.1) is 0 Å². The van der Waals surface area contributed by atoms with Crippen molar-refractivity contribution >= 4 is 21.7 Å². The Morgan fingerprint density at radius 1 is 1.57 bits per heavy atom. The SMILES string of the molecule is C=CCCC(=O)c1ccc(C)cc1Br. The zero-order valence-electron chi connectivity index (χ0n) is 8.22. The van der Waals surface area contributed by atoms with Crippen LogP contribution in [0.4, 0.5) is 0 Å². The molecule has 0 radical (unpaired) electrons. The van der Waals surface area contributed by atoms with Crippen LogP contribution in [0, 0.1) is 6.92 Å². The standard InChI is InChI=1S/C12H13BrO/c1-3-4-5-12(14)10-7-6-9(2)8-11(10)13/h3,6-8H,1,4-5H2,2H3. The van der Waals surface area contributed by atoms with Crippen molar-refractivity contribution in [2.45, 2.75) is 19.8 Å². The molecule has 0 heterocycles. The van der Waals surface area contributed by atoms with E-state index in [0.717, 1.165) is 22.0 Å². The van der Waals surface area contributed by atoms with E-state index in [4.69, 9.17) is 0 Å². The largest absolute Gasteiger partial charge is 0.294 e. The van der Waals surface area contributed by atoms with Gasteiger partial charge in [-0.1, -0.05) is 34.1 Å². The number of ketones is 1. The zero-order chi connectivity index (χ0) is 10.6. The molecule has 0 bridgehead atoms. The van der Waals surface area contributed by atoms with Crippen LogP contribution in [0.25, 0.3) is 0 Å². The minimum absolute atomic E-state index is 0.164. The first-order valence-electron chi connectivity index (χ1n) is 4.55. The van der Waals surface area contributed by atoms with Crippen molar-refractivity contribution in [3.63, 3.8) is 0 Å². The molecule has 14 heavy (non-hydrogen) atoms. The van der Waals surface area contributed by atoms with E-state index in [-0.39, 0.29) is 5.78 Å². The lowest BCUT2D eigenvalue weighted by Gasteiger charge is -2.03. The summed E-state index contributed by atoms with van der Waals surface area (Å²) in [6.07, 6.45) is 3.03. The number of Topliss-reactive ketones (excluding diaryl/α,β-unsaturated/α-hetero) is 1. The van der Waals surface area contributed by atoms with E-state index in [1.54, 1.807) is 6.08 Å². The van der Waals surface area contributed by atoms with Gasteiger partial charge in [-0.3, -0.25) is 4.79 Å². The van der Waals surface area contributed by atoms with Crippen LogP contribution in [0.1, 0.15) is 28.8 Å². The molecule has 0 atom stereocenters. The smallest absolute Gasteiger partial charge is 0.164 e. The van der Waals surface area contributed by atoms with Crippen molar-refractivity contribution in [1.29, 1.82) is 0 Å². The van der Waals surface area contributed by atoms with Crippen molar-refractivity contribution in [3.05, 3.63) is 46.5 Å². The van der Waals surface area contributed by atoms with Gasteiger partial charge in [-0.25, -0.2) is 0 Å². The van der Waals surface area contributed by atoms with Gasteiger partial charge in [-0.2, -0.15) is 0 Å². The molecule has 74 valence electrons. The zero-order valence-corrected chi connectivity index (χ0v) is 9.80. The van der Waals surface area contributed by atoms with Crippen LogP contribution in [-0.4, -0.2) is 5.78 Å². The average molecular weight is 253 g/mol. The Labute approximate surface area is 93.0 Å². The van der Waals surface area contributed by atoms with Crippen molar-refractivity contribution in [2.75, 3.05) is 0 Å². The lowest BCUT2D eigenvalue weighted by molar-refractivity contribution is 0.0983. The number of benzene rings is 1. The van der Waals surface area contributed by atoms with Crippen LogP contribution in [-0.2, 0) is 0 Å². The number of halogens is 1. The molecule has 1 nitrogen and oxygen atoms in total. The Morgan fingerprint density at radius 2 is 2.29 bits per heavy atom. The maximum atomic E-state index is 11.7. The van der Waals surface area contributed by atoms with Gasteiger partial charge in [-0.15, -0.1) is 6.58 Å². The molecule has 0 aliphatic carbocycles. The highest BCUT2D eigenvalue weighted by Gasteiger charge is 2.08. The van der Waals surface area contributed by atoms with E-state index in [1.807, 2.05) is 25.1 Å². The predicted molar refractivity (Wildman–Crippen MR) is 62.6 cm³/mol. The van der Waals surface area contributed by atoms with Gasteiger partial charge in [0.15, 0.2) is 5.78 Å². The first-order valence-corrected chi connectivity index (χ1v) is 5.34. The predicted octanol–water partition coefficient (Wildman–Crippen LogP) is 3.91. The van der Waals surface area contributed by atoms with Crippen molar-refractivity contribution in [3.8, 4) is 0 Å². The summed E-state index contributed by atoms with van der Waals surface area (Å²) < 4.78 is 0.881. The van der Waals surface area contributed by atoms with Crippen molar-refractivity contribution in [2.24, 2.45) is 0 Å². The minimum atomic E-state index is 0.164. The molecule has 0 spiro atoms. The summed E-state index contributed by atoms with van der Waals surface area (Å²) in [7, 11) is 0. The van der Waals surface area contributed by atoms with E-state index in [1.165, 1.54) is 0 Å². The van der Waals surface area contributed by atoms with Crippen LogP contribution in [0.5, 0.6) is 0 Å². The van der Waals surface area contributed by atoms with Crippen molar-refractivity contribution in [1.82, 2.24) is 0 Å². The van der Waals surface area contributed by atoms with Gasteiger partial charge in [0.2, 0.25) is 0 Å². The molecule has 0 N–H and O–H groups in total. The molecule has 1 aromatic rings. The number of rotatable bonds is 4.